The van der Waals surface area contributed by atoms with Crippen LogP contribution in [0.5, 0.6) is 0 Å². The predicted octanol–water partition coefficient (Wildman–Crippen LogP) is 7.78. The van der Waals surface area contributed by atoms with Crippen molar-refractivity contribution in [1.82, 2.24) is 0 Å². The van der Waals surface area contributed by atoms with Crippen LogP contribution in [0.15, 0.2) is 102 Å². The quantitative estimate of drug-likeness (QED) is 0.456. The van der Waals surface area contributed by atoms with Crippen LogP contribution in [0.1, 0.15) is 38.8 Å². The maximum atomic E-state index is 3.79. The highest BCUT2D eigenvalue weighted by Gasteiger charge is 2.19. The van der Waals surface area contributed by atoms with Crippen LogP contribution in [0.4, 0.5) is 0 Å². The SMILES string of the molecule is C=C/C=C\C(=C/C)C1C=C(/C(C)=C/C=C(\C)c2ccc(C)cc2)C=CC1C. The first-order chi connectivity index (χ1) is 13.0. The Balaban J connectivity index is 2.25. The van der Waals surface area contributed by atoms with E-state index in [2.05, 4.69) is 108 Å². The number of allylic oxidation sites excluding steroid dienone is 13. The summed E-state index contributed by atoms with van der Waals surface area (Å²) < 4.78 is 0. The van der Waals surface area contributed by atoms with Gasteiger partial charge in [0, 0.05) is 5.92 Å². The normalized spacial score (nSPS) is 21.5. The Morgan fingerprint density at radius 1 is 1.04 bits per heavy atom. The Kier molecular flexibility index (Phi) is 7.61. The van der Waals surface area contributed by atoms with E-state index in [1.54, 1.807) is 0 Å². The van der Waals surface area contributed by atoms with E-state index < -0.39 is 0 Å². The number of hydrogen-bond acceptors (Lipinski definition) is 0. The number of hydrogen-bond donors (Lipinski definition) is 0. The molecule has 0 saturated heterocycles. The second-order valence-electron chi connectivity index (χ2n) is 7.31. The zero-order chi connectivity index (χ0) is 19.8. The second-order valence-corrected chi connectivity index (χ2v) is 7.31. The molecule has 0 aliphatic heterocycles. The third-order valence-electron chi connectivity index (χ3n) is 5.19. The number of aryl methyl sites for hydroxylation is 1. The second kappa shape index (κ2) is 9.92. The summed E-state index contributed by atoms with van der Waals surface area (Å²) >= 11 is 0. The van der Waals surface area contributed by atoms with Crippen LogP contribution in [0.2, 0.25) is 0 Å². The monoisotopic (exact) mass is 356 g/mol. The average Bonchev–Trinajstić information content (AvgIpc) is 2.68. The Labute approximate surface area is 165 Å². The lowest BCUT2D eigenvalue weighted by Crippen LogP contribution is -2.13. The molecule has 0 N–H and O–H groups in total. The van der Waals surface area contributed by atoms with Crippen molar-refractivity contribution in [2.24, 2.45) is 11.8 Å². The molecule has 1 aromatic carbocycles. The van der Waals surface area contributed by atoms with E-state index in [4.69, 9.17) is 0 Å². The van der Waals surface area contributed by atoms with Gasteiger partial charge in [-0.3, -0.25) is 0 Å². The molecule has 0 fully saturated rings. The van der Waals surface area contributed by atoms with Gasteiger partial charge < -0.3 is 0 Å². The van der Waals surface area contributed by atoms with Gasteiger partial charge >= 0.3 is 0 Å². The number of benzene rings is 1. The lowest BCUT2D eigenvalue weighted by molar-refractivity contribution is 0.582. The Morgan fingerprint density at radius 2 is 1.70 bits per heavy atom. The lowest BCUT2D eigenvalue weighted by atomic mass is 9.80. The van der Waals surface area contributed by atoms with E-state index in [-0.39, 0.29) is 0 Å². The first-order valence-electron chi connectivity index (χ1n) is 9.74. The summed E-state index contributed by atoms with van der Waals surface area (Å²) in [6.07, 6.45) is 19.6. The van der Waals surface area contributed by atoms with Crippen LogP contribution in [-0.4, -0.2) is 0 Å². The van der Waals surface area contributed by atoms with Crippen molar-refractivity contribution >= 4 is 5.57 Å². The number of rotatable bonds is 6. The molecule has 2 rings (SSSR count). The molecule has 0 saturated carbocycles. The summed E-state index contributed by atoms with van der Waals surface area (Å²) in [5, 5.41) is 0. The molecule has 27 heavy (non-hydrogen) atoms. The predicted molar refractivity (Wildman–Crippen MR) is 122 cm³/mol. The average molecular weight is 357 g/mol. The van der Waals surface area contributed by atoms with Crippen LogP contribution in [0.3, 0.4) is 0 Å². The minimum Gasteiger partial charge on any atom is -0.0991 e. The molecule has 0 spiro atoms. The van der Waals surface area contributed by atoms with E-state index in [9.17, 15) is 0 Å². The molecule has 140 valence electrons. The van der Waals surface area contributed by atoms with E-state index in [1.807, 2.05) is 12.2 Å². The largest absolute Gasteiger partial charge is 0.0991 e. The lowest BCUT2D eigenvalue weighted by Gasteiger charge is -2.24. The molecule has 0 heterocycles. The third kappa shape index (κ3) is 5.69. The van der Waals surface area contributed by atoms with Gasteiger partial charge in [-0.25, -0.2) is 0 Å². The molecule has 0 bridgehead atoms. The fourth-order valence-electron chi connectivity index (χ4n) is 3.28. The van der Waals surface area contributed by atoms with Gasteiger partial charge in [-0.15, -0.1) is 0 Å². The zero-order valence-electron chi connectivity index (χ0n) is 17.4. The Bertz CT molecular complexity index is 833. The molecule has 0 amide bonds. The topological polar surface area (TPSA) is 0 Å². The van der Waals surface area contributed by atoms with E-state index >= 15 is 0 Å². The Hall–Kier alpha value is -2.60. The first kappa shape index (κ1) is 20.7. The first-order valence-corrected chi connectivity index (χ1v) is 9.74. The fraction of sp³-hybridized carbons (Fsp3) is 0.259. The minimum absolute atomic E-state index is 0.400. The molecule has 2 atom stereocenters. The fourth-order valence-corrected chi connectivity index (χ4v) is 3.28. The molecular formula is C27H32. The van der Waals surface area contributed by atoms with Crippen LogP contribution < -0.4 is 0 Å². The maximum absolute atomic E-state index is 3.79. The van der Waals surface area contributed by atoms with Gasteiger partial charge in [0.05, 0.1) is 0 Å². The standard InChI is InChI=1S/C27H32/c1-7-9-10-24(8-2)27-19-26(18-15-23(27)6)22(5)14-13-21(4)25-16-11-20(3)12-17-25/h7-19,23,27H,1H2,2-6H3/b10-9-,21-13+,22-14+,24-8+. The van der Waals surface area contributed by atoms with Gasteiger partial charge in [-0.05, 0) is 61.5 Å². The smallest absolute Gasteiger partial charge is 0.00840 e. The summed E-state index contributed by atoms with van der Waals surface area (Å²) in [6.45, 7) is 14.7. The summed E-state index contributed by atoms with van der Waals surface area (Å²) in [6, 6.07) is 8.70. The molecule has 1 aromatic rings. The van der Waals surface area contributed by atoms with Gasteiger partial charge in [0.15, 0.2) is 0 Å². The van der Waals surface area contributed by atoms with E-state index in [0.29, 0.717) is 11.8 Å². The molecule has 0 radical (unpaired) electrons. The van der Waals surface area contributed by atoms with Gasteiger partial charge in [0.25, 0.3) is 0 Å². The molecular weight excluding hydrogens is 324 g/mol. The van der Waals surface area contributed by atoms with Crippen molar-refractivity contribution in [3.63, 3.8) is 0 Å². The van der Waals surface area contributed by atoms with Crippen LogP contribution in [-0.2, 0) is 0 Å². The van der Waals surface area contributed by atoms with Gasteiger partial charge in [-0.2, -0.15) is 0 Å². The van der Waals surface area contributed by atoms with Crippen molar-refractivity contribution in [3.8, 4) is 0 Å². The molecule has 2 unspecified atom stereocenters. The summed E-state index contributed by atoms with van der Waals surface area (Å²) in [5.41, 5.74) is 7.78. The van der Waals surface area contributed by atoms with Crippen LogP contribution in [0, 0.1) is 18.8 Å². The molecule has 0 heteroatoms. The molecule has 0 aromatic heterocycles. The molecule has 1 aliphatic rings. The van der Waals surface area contributed by atoms with Crippen molar-refractivity contribution in [3.05, 3.63) is 113 Å². The van der Waals surface area contributed by atoms with E-state index in [1.165, 1.54) is 33.4 Å². The zero-order valence-corrected chi connectivity index (χ0v) is 17.4. The highest BCUT2D eigenvalue weighted by Crippen LogP contribution is 2.32. The van der Waals surface area contributed by atoms with Crippen molar-refractivity contribution < 1.29 is 0 Å². The summed E-state index contributed by atoms with van der Waals surface area (Å²) in [5.74, 6) is 0.892. The summed E-state index contributed by atoms with van der Waals surface area (Å²) in [4.78, 5) is 0. The van der Waals surface area contributed by atoms with Gasteiger partial charge in [0.1, 0.15) is 0 Å². The van der Waals surface area contributed by atoms with E-state index in [0.717, 1.165) is 0 Å². The Morgan fingerprint density at radius 3 is 2.33 bits per heavy atom. The molecule has 1 aliphatic carbocycles. The minimum atomic E-state index is 0.400. The van der Waals surface area contributed by atoms with Crippen molar-refractivity contribution in [1.29, 1.82) is 0 Å². The van der Waals surface area contributed by atoms with Crippen LogP contribution >= 0.6 is 0 Å². The highest BCUT2D eigenvalue weighted by atomic mass is 14.2. The maximum Gasteiger partial charge on any atom is 0.00840 e. The van der Waals surface area contributed by atoms with Crippen LogP contribution in [0.25, 0.3) is 5.57 Å². The summed E-state index contributed by atoms with van der Waals surface area (Å²) in [7, 11) is 0. The van der Waals surface area contributed by atoms with Crippen molar-refractivity contribution in [2.45, 2.75) is 34.6 Å². The highest BCUT2D eigenvalue weighted by molar-refractivity contribution is 5.66. The van der Waals surface area contributed by atoms with Gasteiger partial charge in [0.2, 0.25) is 0 Å². The van der Waals surface area contributed by atoms with Gasteiger partial charge in [-0.1, -0.05) is 98.0 Å². The third-order valence-corrected chi connectivity index (χ3v) is 5.19. The molecule has 0 nitrogen and oxygen atoms in total. The van der Waals surface area contributed by atoms with Crippen molar-refractivity contribution in [2.75, 3.05) is 0 Å².